The number of aryl methyl sites for hydroxylation is 1. The van der Waals surface area contributed by atoms with E-state index >= 15 is 0 Å². The van der Waals surface area contributed by atoms with Crippen LogP contribution in [0.5, 0.6) is 5.75 Å². The number of hydrazine groups is 1. The topological polar surface area (TPSA) is 215 Å². The number of sulfonamides is 1. The monoisotopic (exact) mass is 966 g/mol. The molecule has 0 saturated carbocycles. The zero-order valence-corrected chi connectivity index (χ0v) is 41.5. The lowest BCUT2D eigenvalue weighted by molar-refractivity contribution is -0.155. The van der Waals surface area contributed by atoms with Crippen LogP contribution in [0.3, 0.4) is 0 Å². The number of pyridine rings is 1. The molecular formula is C51H66N8O9S. The molecule has 3 amide bonds. The Bertz CT molecular complexity index is 2790. The van der Waals surface area contributed by atoms with Crippen LogP contribution in [-0.2, 0) is 58.1 Å². The van der Waals surface area contributed by atoms with Crippen molar-refractivity contribution in [3.05, 3.63) is 71.5 Å². The number of ether oxygens (including phenoxy) is 2. The predicted octanol–water partition coefficient (Wildman–Crippen LogP) is 4.66. The second-order valence-electron chi connectivity index (χ2n) is 20.8. The summed E-state index contributed by atoms with van der Waals surface area (Å²) in [4.78, 5) is 64.3. The number of methoxy groups -OCH3 is 1. The number of likely N-dealkylation sites (tertiary alicyclic amines) is 1. The van der Waals surface area contributed by atoms with Crippen molar-refractivity contribution < 1.29 is 42.2 Å². The summed E-state index contributed by atoms with van der Waals surface area (Å²) in [5.41, 5.74) is 8.54. The fourth-order valence-electron chi connectivity index (χ4n) is 11.1. The second-order valence-corrected chi connectivity index (χ2v) is 22.9. The van der Waals surface area contributed by atoms with E-state index in [4.69, 9.17) is 14.5 Å². The van der Waals surface area contributed by atoms with Gasteiger partial charge in [-0.3, -0.25) is 34.5 Å². The number of hydrogen-bond donors (Lipinski definition) is 4. The first kappa shape index (κ1) is 48.6. The number of hydrogen-bond acceptors (Lipinski definition) is 12. The molecule has 18 heteroatoms. The van der Waals surface area contributed by atoms with Gasteiger partial charge in [-0.2, -0.15) is 4.31 Å². The van der Waals surface area contributed by atoms with Gasteiger partial charge in [0.25, 0.3) is 5.91 Å². The van der Waals surface area contributed by atoms with E-state index in [0.29, 0.717) is 56.3 Å². The largest absolute Gasteiger partial charge is 0.508 e. The maximum atomic E-state index is 14.8. The third kappa shape index (κ3) is 9.26. The van der Waals surface area contributed by atoms with Crippen LogP contribution in [0.15, 0.2) is 54.7 Å². The smallest absolute Gasteiger partial charge is 0.324 e. The second kappa shape index (κ2) is 18.7. The molecule has 7 heterocycles. The molecule has 4 N–H and O–H groups in total. The molecular weight excluding hydrogens is 901 g/mol. The molecule has 17 nitrogen and oxygen atoms in total. The molecule has 4 fully saturated rings. The lowest BCUT2D eigenvalue weighted by Gasteiger charge is -2.37. The molecule has 4 saturated heterocycles. The van der Waals surface area contributed by atoms with E-state index in [1.807, 2.05) is 39.0 Å². The highest BCUT2D eigenvalue weighted by atomic mass is 32.2. The molecule has 0 aliphatic carbocycles. The normalized spacial score (nSPS) is 25.3. The zero-order valence-electron chi connectivity index (χ0n) is 40.7. The van der Waals surface area contributed by atoms with E-state index in [2.05, 4.69) is 59.6 Å². The first-order valence-corrected chi connectivity index (χ1v) is 25.9. The van der Waals surface area contributed by atoms with Crippen LogP contribution in [0, 0.1) is 16.7 Å². The highest BCUT2D eigenvalue weighted by molar-refractivity contribution is 7.90. The van der Waals surface area contributed by atoms with Crippen LogP contribution in [-0.4, -0.2) is 131 Å². The van der Waals surface area contributed by atoms with Gasteiger partial charge in [-0.05, 0) is 111 Å². The highest BCUT2D eigenvalue weighted by Gasteiger charge is 2.57. The summed E-state index contributed by atoms with van der Waals surface area (Å²) in [5.74, 6) is -2.15. The van der Waals surface area contributed by atoms with Gasteiger partial charge in [0.2, 0.25) is 21.8 Å². The Kier molecular flexibility index (Phi) is 13.2. The van der Waals surface area contributed by atoms with Gasteiger partial charge in [0.1, 0.15) is 29.2 Å². The predicted molar refractivity (Wildman–Crippen MR) is 260 cm³/mol. The van der Waals surface area contributed by atoms with Gasteiger partial charge in [0, 0.05) is 80.9 Å². The highest BCUT2D eigenvalue weighted by Crippen LogP contribution is 2.45. The lowest BCUT2D eigenvalue weighted by atomic mass is 9.84. The summed E-state index contributed by atoms with van der Waals surface area (Å²) in [5, 5.41) is 19.0. The van der Waals surface area contributed by atoms with Crippen LogP contribution in [0.1, 0.15) is 90.2 Å². The Morgan fingerprint density at radius 2 is 1.81 bits per heavy atom. The number of rotatable bonds is 10. The van der Waals surface area contributed by atoms with E-state index < -0.39 is 62.1 Å². The van der Waals surface area contributed by atoms with Crippen LogP contribution in [0.4, 0.5) is 0 Å². The van der Waals surface area contributed by atoms with Crippen molar-refractivity contribution >= 4 is 44.6 Å². The molecule has 370 valence electrons. The van der Waals surface area contributed by atoms with Gasteiger partial charge in [-0.15, -0.1) is 0 Å². The van der Waals surface area contributed by atoms with Crippen molar-refractivity contribution in [3.63, 3.8) is 0 Å². The average Bonchev–Trinajstić information content (AvgIpc) is 3.95. The number of benzene rings is 2. The first-order valence-electron chi connectivity index (χ1n) is 24.4. The molecule has 6 atom stereocenters. The van der Waals surface area contributed by atoms with E-state index in [0.717, 1.165) is 39.0 Å². The maximum absolute atomic E-state index is 14.8. The average molecular weight is 967 g/mol. The number of aromatic hydroxyl groups is 1. The molecule has 1 spiro atoms. The molecule has 4 aromatic rings. The van der Waals surface area contributed by atoms with Crippen LogP contribution in [0.2, 0.25) is 0 Å². The van der Waals surface area contributed by atoms with Crippen molar-refractivity contribution in [1.82, 2.24) is 39.8 Å². The molecule has 5 aliphatic heterocycles. The molecule has 2 aromatic carbocycles. The minimum Gasteiger partial charge on any atom is -0.508 e. The number of nitrogens with one attached hydrogen (secondary N) is 3. The third-order valence-electron chi connectivity index (χ3n) is 14.9. The van der Waals surface area contributed by atoms with Crippen LogP contribution < -0.4 is 16.1 Å². The summed E-state index contributed by atoms with van der Waals surface area (Å²) in [6.45, 7) is 13.9. The maximum Gasteiger partial charge on any atom is 0.324 e. The summed E-state index contributed by atoms with van der Waals surface area (Å²) in [7, 11) is -1.92. The van der Waals surface area contributed by atoms with E-state index in [1.165, 1.54) is 9.31 Å². The van der Waals surface area contributed by atoms with Gasteiger partial charge in [0.15, 0.2) is 0 Å². The van der Waals surface area contributed by atoms with Crippen molar-refractivity contribution in [1.29, 1.82) is 0 Å². The van der Waals surface area contributed by atoms with Gasteiger partial charge in [-0.1, -0.05) is 39.8 Å². The number of fused-ring (bicyclic) bond motifs is 6. The minimum absolute atomic E-state index is 0.0201. The number of cyclic esters (lactones) is 1. The Morgan fingerprint density at radius 1 is 1.04 bits per heavy atom. The zero-order chi connectivity index (χ0) is 49.2. The molecule has 6 bridgehead atoms. The van der Waals surface area contributed by atoms with E-state index in [1.54, 1.807) is 30.3 Å². The van der Waals surface area contributed by atoms with Gasteiger partial charge < -0.3 is 29.4 Å². The number of amides is 3. The van der Waals surface area contributed by atoms with Gasteiger partial charge in [0.05, 0.1) is 29.5 Å². The Hall–Kier alpha value is -5.40. The number of phenols is 1. The SMILES string of the molecule is CCn1c(-c2cccnc2[C@H](C)OC)c2c3cc(ccc31)-c1cc(O)cc(c1)C[C@H](NC(=O)[C@H](C(C)C)N1CC[C@]3(CCN(S(=O)(=O)[C@H]4CN4)C3)C1=O)C(=O)N1CCC[C@H](N1)C(=O)OCC(C)(C)C2. The number of nitrogens with zero attached hydrogens (tertiary/aromatic N) is 5. The Balaban J connectivity index is 1.09. The fourth-order valence-corrected chi connectivity index (χ4v) is 12.8. The van der Waals surface area contributed by atoms with Crippen molar-refractivity contribution in [2.45, 2.75) is 116 Å². The number of aromatic nitrogens is 2. The summed E-state index contributed by atoms with van der Waals surface area (Å²) < 4.78 is 41.9. The van der Waals surface area contributed by atoms with Crippen molar-refractivity contribution in [2.24, 2.45) is 16.7 Å². The first-order chi connectivity index (χ1) is 32.8. The molecule has 5 aliphatic rings. The number of carbonyl (C=O) groups excluding carboxylic acids is 4. The summed E-state index contributed by atoms with van der Waals surface area (Å²) in [6, 6.07) is 12.4. The Labute approximate surface area is 404 Å². The van der Waals surface area contributed by atoms with E-state index in [9.17, 15) is 32.7 Å². The van der Waals surface area contributed by atoms with E-state index in [-0.39, 0.29) is 62.9 Å². The Morgan fingerprint density at radius 3 is 2.54 bits per heavy atom. The van der Waals surface area contributed by atoms with Crippen molar-refractivity contribution in [3.8, 4) is 28.1 Å². The third-order valence-corrected chi connectivity index (χ3v) is 17.0. The summed E-state index contributed by atoms with van der Waals surface area (Å²) in [6.07, 6.45) is 3.68. The van der Waals surface area contributed by atoms with Gasteiger partial charge in [-0.25, -0.2) is 13.8 Å². The number of esters is 1. The molecule has 0 radical (unpaired) electrons. The van der Waals surface area contributed by atoms with Crippen LogP contribution >= 0.6 is 0 Å². The summed E-state index contributed by atoms with van der Waals surface area (Å²) >= 11 is 0. The molecule has 9 rings (SSSR count). The van der Waals surface area contributed by atoms with Crippen molar-refractivity contribution in [2.75, 3.05) is 46.4 Å². The molecule has 0 unspecified atom stereocenters. The fraction of sp³-hybridized carbons (Fsp3) is 0.549. The standard InChI is InChI=1S/C51H66N8O9S/c1-8-57-41-14-13-33-25-37(41)38(45(57)36-11-9-17-52-43(36)31(4)67-7)26-50(5,6)29-68-48(63)39-12-10-18-59(55-39)47(62)40(23-32-21-34(33)24-35(60)22-32)54-46(61)44(30(2)3)58-20-16-51(49(58)64)15-19-56(28-51)69(65,66)42-27-53-42/h9,11,13-14,17,21-22,24-25,30-31,39-40,42,44,53,55,60H,8,10,12,15-16,18-20,23,26-29H2,1-7H3,(H,54,61)/t31-,39-,40-,42-,44-,51-/m0/s1. The lowest BCUT2D eigenvalue weighted by Crippen LogP contribution is -2.62. The number of carbonyl (C=O) groups is 4. The quantitative estimate of drug-likeness (QED) is 0.126. The molecule has 2 aromatic heterocycles. The van der Waals surface area contributed by atoms with Crippen LogP contribution in [0.25, 0.3) is 33.3 Å². The minimum atomic E-state index is -3.59. The van der Waals surface area contributed by atoms with Gasteiger partial charge >= 0.3 is 5.97 Å². The number of phenolic OH excluding ortho intramolecular Hbond substituents is 1. The molecule has 69 heavy (non-hydrogen) atoms.